The molecule has 4 atom stereocenters. The molecule has 2 amide bonds. The van der Waals surface area contributed by atoms with Gasteiger partial charge in [-0.15, -0.1) is 11.3 Å². The van der Waals surface area contributed by atoms with E-state index in [0.29, 0.717) is 17.7 Å². The van der Waals surface area contributed by atoms with Crippen molar-refractivity contribution < 1.29 is 29.0 Å². The molecule has 3 rings (SSSR count). The highest BCUT2D eigenvalue weighted by atomic mass is 32.1. The van der Waals surface area contributed by atoms with Crippen molar-refractivity contribution in [2.24, 2.45) is 17.6 Å². The number of allylic oxidation sites excluding steroid dienone is 1. The summed E-state index contributed by atoms with van der Waals surface area (Å²) < 4.78 is 4.90. The molecule has 3 heterocycles. The number of ether oxygens (including phenoxy) is 1. The normalized spacial score (nSPS) is 19.2. The van der Waals surface area contributed by atoms with Crippen molar-refractivity contribution in [1.29, 1.82) is 0 Å². The van der Waals surface area contributed by atoms with Gasteiger partial charge in [0.2, 0.25) is 11.8 Å². The molecule has 1 saturated heterocycles. The van der Waals surface area contributed by atoms with E-state index in [1.165, 1.54) is 16.2 Å². The van der Waals surface area contributed by atoms with Gasteiger partial charge in [0, 0.05) is 19.0 Å². The van der Waals surface area contributed by atoms with Crippen LogP contribution in [0.1, 0.15) is 44.6 Å². The van der Waals surface area contributed by atoms with E-state index in [2.05, 4.69) is 20.3 Å². The van der Waals surface area contributed by atoms with Crippen molar-refractivity contribution in [3.63, 3.8) is 0 Å². The number of amides is 2. The predicted octanol–water partition coefficient (Wildman–Crippen LogP) is 0.904. The Labute approximate surface area is 224 Å². The van der Waals surface area contributed by atoms with E-state index in [9.17, 15) is 24.3 Å². The van der Waals surface area contributed by atoms with Crippen molar-refractivity contribution in [3.8, 4) is 10.6 Å². The number of nitrogens with one attached hydrogen (secondary N) is 1. The molecular weight excluding hydrogens is 512 g/mol. The second-order valence-electron chi connectivity index (χ2n) is 9.37. The fourth-order valence-electron chi connectivity index (χ4n) is 4.23. The SMILES string of the molecule is Cc1ncsc1-c1cnc(C(C)NC(=O)[C@@H]2C[C@@H](O)CN2C(=O)C(C(=O)C=C(N)OCC=O)C(C)C)cn1. The maximum atomic E-state index is 13.4. The number of carbonyl (C=O) groups excluding carboxylic acids is 4. The van der Waals surface area contributed by atoms with Gasteiger partial charge in [0.05, 0.1) is 46.3 Å². The molecule has 0 spiro atoms. The molecular formula is C25H32N6O6S. The van der Waals surface area contributed by atoms with Crippen LogP contribution in [0.5, 0.6) is 0 Å². The number of carbonyl (C=O) groups is 4. The molecule has 2 unspecified atom stereocenters. The fraction of sp³-hybridized carbons (Fsp3) is 0.480. The number of thiazole rings is 1. The zero-order valence-corrected chi connectivity index (χ0v) is 22.5. The summed E-state index contributed by atoms with van der Waals surface area (Å²) in [7, 11) is 0. The highest BCUT2D eigenvalue weighted by molar-refractivity contribution is 7.13. The molecule has 0 radical (unpaired) electrons. The number of likely N-dealkylation sites (tertiary alicyclic amines) is 1. The second-order valence-corrected chi connectivity index (χ2v) is 10.2. The summed E-state index contributed by atoms with van der Waals surface area (Å²) in [5.41, 5.74) is 9.41. The molecule has 13 heteroatoms. The number of aliphatic hydroxyl groups excluding tert-OH is 1. The maximum Gasteiger partial charge on any atom is 0.243 e. The summed E-state index contributed by atoms with van der Waals surface area (Å²) in [4.78, 5) is 65.2. The standard InChI is InChI=1S/C25H32N6O6S/c1-13(2)22(20(34)8-21(26)37-6-5-32)25(36)31-11-16(33)7-19(31)24(35)30-14(3)17-9-28-18(10-27-17)23-15(4)29-12-38-23/h5,8-10,12-14,16,19,22,33H,6-7,11,26H2,1-4H3,(H,30,35)/t14?,16-,19+,22?/m1/s1. The summed E-state index contributed by atoms with van der Waals surface area (Å²) in [6.45, 7) is 6.59. The van der Waals surface area contributed by atoms with Crippen LogP contribution < -0.4 is 11.1 Å². The molecule has 0 bridgehead atoms. The Morgan fingerprint density at radius 3 is 2.58 bits per heavy atom. The number of nitrogens with zero attached hydrogens (tertiary/aromatic N) is 4. The Balaban J connectivity index is 1.72. The van der Waals surface area contributed by atoms with Gasteiger partial charge in [0.25, 0.3) is 0 Å². The molecule has 12 nitrogen and oxygen atoms in total. The van der Waals surface area contributed by atoms with E-state index < -0.39 is 47.6 Å². The van der Waals surface area contributed by atoms with Crippen LogP contribution >= 0.6 is 11.3 Å². The zero-order valence-electron chi connectivity index (χ0n) is 21.7. The minimum Gasteiger partial charge on any atom is -0.472 e. The first-order chi connectivity index (χ1) is 18.0. The van der Waals surface area contributed by atoms with Gasteiger partial charge in [-0.1, -0.05) is 13.8 Å². The fourth-order valence-corrected chi connectivity index (χ4v) is 5.00. The van der Waals surface area contributed by atoms with Gasteiger partial charge in [0.15, 0.2) is 18.0 Å². The number of aromatic nitrogens is 3. The molecule has 204 valence electrons. The summed E-state index contributed by atoms with van der Waals surface area (Å²) in [5, 5.41) is 13.1. The number of nitrogens with two attached hydrogens (primary N) is 1. The van der Waals surface area contributed by atoms with Gasteiger partial charge in [-0.3, -0.25) is 29.1 Å². The van der Waals surface area contributed by atoms with Crippen LogP contribution in [0.2, 0.25) is 0 Å². The Hall–Kier alpha value is -3.71. The van der Waals surface area contributed by atoms with Gasteiger partial charge < -0.3 is 25.8 Å². The first kappa shape index (κ1) is 28.9. The second kappa shape index (κ2) is 12.7. The average molecular weight is 545 g/mol. The van der Waals surface area contributed by atoms with E-state index >= 15 is 0 Å². The van der Waals surface area contributed by atoms with E-state index in [1.54, 1.807) is 38.7 Å². The molecule has 0 saturated carbocycles. The summed E-state index contributed by atoms with van der Waals surface area (Å²) in [6.07, 6.45) is 3.73. The third-order valence-electron chi connectivity index (χ3n) is 6.16. The number of aryl methyl sites for hydroxylation is 1. The Morgan fingerprint density at radius 2 is 2.00 bits per heavy atom. The van der Waals surface area contributed by atoms with Crippen molar-refractivity contribution in [3.05, 3.63) is 41.3 Å². The molecule has 4 N–H and O–H groups in total. The predicted molar refractivity (Wildman–Crippen MR) is 138 cm³/mol. The Morgan fingerprint density at radius 1 is 1.26 bits per heavy atom. The lowest BCUT2D eigenvalue weighted by Gasteiger charge is -2.29. The minimum atomic E-state index is -1.15. The third kappa shape index (κ3) is 6.78. The van der Waals surface area contributed by atoms with Crippen molar-refractivity contribution in [1.82, 2.24) is 25.2 Å². The minimum absolute atomic E-state index is 0.0268. The first-order valence-electron chi connectivity index (χ1n) is 12.1. The molecule has 38 heavy (non-hydrogen) atoms. The van der Waals surface area contributed by atoms with Crippen molar-refractivity contribution >= 4 is 35.2 Å². The topological polar surface area (TPSA) is 178 Å². The Bertz CT molecular complexity index is 1200. The monoisotopic (exact) mass is 544 g/mol. The number of β-amino-alcohol motifs (C(OH)–C–C–N with tert-alkyl or cyclic N) is 1. The van der Waals surface area contributed by atoms with Crippen LogP contribution in [0.4, 0.5) is 0 Å². The average Bonchev–Trinajstić information content (AvgIpc) is 3.48. The smallest absolute Gasteiger partial charge is 0.243 e. The maximum absolute atomic E-state index is 13.4. The van der Waals surface area contributed by atoms with E-state index in [-0.39, 0.29) is 25.5 Å². The molecule has 1 aliphatic rings. The summed E-state index contributed by atoms with van der Waals surface area (Å²) >= 11 is 1.46. The van der Waals surface area contributed by atoms with Gasteiger partial charge in [-0.2, -0.15) is 0 Å². The quantitative estimate of drug-likeness (QED) is 0.159. The van der Waals surface area contributed by atoms with Crippen LogP contribution in [0, 0.1) is 18.8 Å². The molecule has 2 aromatic heterocycles. The number of aliphatic hydroxyl groups is 1. The van der Waals surface area contributed by atoms with Crippen molar-refractivity contribution in [2.75, 3.05) is 13.2 Å². The van der Waals surface area contributed by atoms with Gasteiger partial charge in [-0.25, -0.2) is 4.98 Å². The van der Waals surface area contributed by atoms with Crippen LogP contribution in [0.15, 0.2) is 29.9 Å². The number of rotatable bonds is 11. The van der Waals surface area contributed by atoms with E-state index in [4.69, 9.17) is 10.5 Å². The van der Waals surface area contributed by atoms with Crippen molar-refractivity contribution in [2.45, 2.75) is 52.3 Å². The van der Waals surface area contributed by atoms with Gasteiger partial charge in [-0.05, 0) is 19.8 Å². The number of hydrogen-bond acceptors (Lipinski definition) is 11. The largest absolute Gasteiger partial charge is 0.472 e. The van der Waals surface area contributed by atoms with E-state index in [1.807, 2.05) is 6.92 Å². The van der Waals surface area contributed by atoms with Crippen LogP contribution in [0.25, 0.3) is 10.6 Å². The van der Waals surface area contributed by atoms with Crippen LogP contribution in [-0.4, -0.2) is 74.1 Å². The zero-order chi connectivity index (χ0) is 28.0. The van der Waals surface area contributed by atoms with Gasteiger partial charge in [0.1, 0.15) is 24.3 Å². The molecule has 0 aromatic carbocycles. The molecule has 0 aliphatic carbocycles. The van der Waals surface area contributed by atoms with E-state index in [0.717, 1.165) is 16.6 Å². The lowest BCUT2D eigenvalue weighted by Crippen LogP contribution is -2.50. The third-order valence-corrected chi connectivity index (χ3v) is 7.11. The highest BCUT2D eigenvalue weighted by Crippen LogP contribution is 2.27. The summed E-state index contributed by atoms with van der Waals surface area (Å²) in [6, 6.07) is -1.50. The van der Waals surface area contributed by atoms with Gasteiger partial charge >= 0.3 is 0 Å². The molecule has 1 aliphatic heterocycles. The lowest BCUT2D eigenvalue weighted by atomic mass is 9.89. The number of ketones is 1. The lowest BCUT2D eigenvalue weighted by molar-refractivity contribution is -0.146. The first-order valence-corrected chi connectivity index (χ1v) is 13.0. The molecule has 2 aromatic rings. The molecule has 1 fully saturated rings. The Kier molecular flexibility index (Phi) is 9.64. The number of hydrogen-bond donors (Lipinski definition) is 3. The number of aldehydes is 1. The van der Waals surface area contributed by atoms with Crippen LogP contribution in [0.3, 0.4) is 0 Å². The summed E-state index contributed by atoms with van der Waals surface area (Å²) in [5.74, 6) is -3.57. The highest BCUT2D eigenvalue weighted by Gasteiger charge is 2.43. The van der Waals surface area contributed by atoms with Crippen LogP contribution in [-0.2, 0) is 23.9 Å².